The van der Waals surface area contributed by atoms with Gasteiger partial charge in [0.2, 0.25) is 0 Å². The van der Waals surface area contributed by atoms with Crippen molar-refractivity contribution >= 4 is 46.6 Å². The Morgan fingerprint density at radius 3 is 2.61 bits per heavy atom. The van der Waals surface area contributed by atoms with Crippen molar-refractivity contribution in [2.45, 2.75) is 13.8 Å². The second-order valence-corrected chi connectivity index (χ2v) is 6.00. The van der Waals surface area contributed by atoms with E-state index >= 15 is 0 Å². The van der Waals surface area contributed by atoms with E-state index in [-0.39, 0.29) is 5.82 Å². The van der Waals surface area contributed by atoms with Crippen molar-refractivity contribution in [3.63, 3.8) is 0 Å². The number of benzene rings is 2. The zero-order valence-electron chi connectivity index (χ0n) is 13.2. The van der Waals surface area contributed by atoms with Crippen LogP contribution in [0.1, 0.15) is 12.5 Å². The van der Waals surface area contributed by atoms with E-state index in [1.54, 1.807) is 37.5 Å². The van der Waals surface area contributed by atoms with Gasteiger partial charge in [-0.1, -0.05) is 29.3 Å². The lowest BCUT2D eigenvalue weighted by Gasteiger charge is -2.12. The quantitative estimate of drug-likeness (QED) is 0.543. The molecule has 0 atom stereocenters. The highest BCUT2D eigenvalue weighted by molar-refractivity contribution is 6.37. The fourth-order valence-electron chi connectivity index (χ4n) is 1.80. The number of hydrogen-bond acceptors (Lipinski definition) is 2. The largest absolute Gasteiger partial charge is 0.366 e. The fourth-order valence-corrected chi connectivity index (χ4v) is 2.22. The van der Waals surface area contributed by atoms with Crippen LogP contribution in [0, 0.1) is 12.7 Å². The minimum atomic E-state index is -0.277. The maximum Gasteiger partial charge on any atom is 0.128 e. The number of aryl methyl sites for hydroxylation is 1. The maximum atomic E-state index is 13.6. The Kier molecular flexibility index (Phi) is 5.85. The van der Waals surface area contributed by atoms with Crippen molar-refractivity contribution in [1.82, 2.24) is 4.90 Å². The van der Waals surface area contributed by atoms with Gasteiger partial charge in [-0.25, -0.2) is 9.38 Å². The molecule has 2 rings (SSSR count). The summed E-state index contributed by atoms with van der Waals surface area (Å²) in [5.41, 5.74) is 2.37. The summed E-state index contributed by atoms with van der Waals surface area (Å²) in [5, 5.41) is 3.99. The molecule has 0 aliphatic carbocycles. The minimum absolute atomic E-state index is 0.277. The van der Waals surface area contributed by atoms with E-state index in [4.69, 9.17) is 23.2 Å². The van der Waals surface area contributed by atoms with E-state index in [0.717, 1.165) is 6.54 Å². The van der Waals surface area contributed by atoms with E-state index in [9.17, 15) is 4.39 Å². The normalized spacial score (nSPS) is 11.0. The van der Waals surface area contributed by atoms with E-state index in [1.807, 2.05) is 18.9 Å². The first-order valence-electron chi connectivity index (χ1n) is 7.17. The summed E-state index contributed by atoms with van der Waals surface area (Å²) in [6.45, 7) is 4.57. The molecule has 122 valence electrons. The van der Waals surface area contributed by atoms with Crippen molar-refractivity contribution in [3.05, 3.63) is 51.8 Å². The second kappa shape index (κ2) is 7.66. The second-order valence-electron chi connectivity index (χ2n) is 5.19. The van der Waals surface area contributed by atoms with E-state index < -0.39 is 0 Å². The summed E-state index contributed by atoms with van der Waals surface area (Å²) in [4.78, 5) is 6.23. The molecule has 0 heterocycles. The van der Waals surface area contributed by atoms with Gasteiger partial charge in [-0.3, -0.25) is 0 Å². The number of anilines is 2. The number of aliphatic imine (C=N–C) groups is 1. The first-order valence-corrected chi connectivity index (χ1v) is 7.93. The number of rotatable bonds is 5. The zero-order valence-corrected chi connectivity index (χ0v) is 14.7. The lowest BCUT2D eigenvalue weighted by atomic mass is 10.2. The van der Waals surface area contributed by atoms with Gasteiger partial charge >= 0.3 is 0 Å². The Morgan fingerprint density at radius 2 is 1.96 bits per heavy atom. The monoisotopic (exact) mass is 353 g/mol. The summed E-state index contributed by atoms with van der Waals surface area (Å²) >= 11 is 12.5. The van der Waals surface area contributed by atoms with E-state index in [2.05, 4.69) is 10.3 Å². The highest BCUT2D eigenvalue weighted by Crippen LogP contribution is 2.35. The Hall–Kier alpha value is -1.78. The Bertz CT molecular complexity index is 732. The molecular weight excluding hydrogens is 336 g/mol. The predicted molar refractivity (Wildman–Crippen MR) is 97.3 cm³/mol. The van der Waals surface area contributed by atoms with Crippen LogP contribution < -0.4 is 5.32 Å². The number of hydrogen-bond donors (Lipinski definition) is 1. The molecule has 0 saturated heterocycles. The van der Waals surface area contributed by atoms with Crippen molar-refractivity contribution < 1.29 is 4.39 Å². The molecule has 0 unspecified atom stereocenters. The first-order chi connectivity index (χ1) is 10.9. The molecule has 2 aromatic carbocycles. The van der Waals surface area contributed by atoms with Crippen LogP contribution in [0.15, 0.2) is 35.3 Å². The molecule has 0 bridgehead atoms. The zero-order chi connectivity index (χ0) is 17.0. The summed E-state index contributed by atoms with van der Waals surface area (Å²) < 4.78 is 13.6. The average Bonchev–Trinajstić information content (AvgIpc) is 2.52. The van der Waals surface area contributed by atoms with Gasteiger partial charge in [0.1, 0.15) is 5.82 Å². The van der Waals surface area contributed by atoms with Gasteiger partial charge in [-0.2, -0.15) is 0 Å². The summed E-state index contributed by atoms with van der Waals surface area (Å²) in [7, 11) is 1.92. The lowest BCUT2D eigenvalue weighted by Crippen LogP contribution is -2.14. The van der Waals surface area contributed by atoms with Crippen LogP contribution in [0.2, 0.25) is 10.0 Å². The SMILES string of the molecule is CCN(C)/C=N\c1cc(Cl)c(Nc2ccc(C)c(F)c2)cc1Cl. The van der Waals surface area contributed by atoms with Gasteiger partial charge in [0.15, 0.2) is 0 Å². The Balaban J connectivity index is 2.25. The van der Waals surface area contributed by atoms with E-state index in [1.165, 1.54) is 6.07 Å². The van der Waals surface area contributed by atoms with Crippen LogP contribution in [0.25, 0.3) is 0 Å². The molecule has 0 fully saturated rings. The highest BCUT2D eigenvalue weighted by atomic mass is 35.5. The third-order valence-electron chi connectivity index (χ3n) is 3.38. The fraction of sp³-hybridized carbons (Fsp3) is 0.235. The summed E-state index contributed by atoms with van der Waals surface area (Å²) in [5.74, 6) is -0.277. The third-order valence-corrected chi connectivity index (χ3v) is 4.00. The average molecular weight is 354 g/mol. The molecule has 23 heavy (non-hydrogen) atoms. The smallest absolute Gasteiger partial charge is 0.128 e. The van der Waals surface area contributed by atoms with Gasteiger partial charge in [0.25, 0.3) is 0 Å². The standard InChI is InChI=1S/C17H18Cl2FN3/c1-4-23(3)10-21-16-8-14(19)17(9-13(16)18)22-12-6-5-11(2)15(20)7-12/h5-10,22H,4H2,1-3H3/b21-10-. The third kappa shape index (κ3) is 4.60. The van der Waals surface area contributed by atoms with Gasteiger partial charge in [-0.05, 0) is 43.7 Å². The van der Waals surface area contributed by atoms with Crippen LogP contribution in [-0.2, 0) is 0 Å². The molecule has 6 heteroatoms. The van der Waals surface area contributed by atoms with Crippen LogP contribution in [-0.4, -0.2) is 24.8 Å². The van der Waals surface area contributed by atoms with Gasteiger partial charge in [0, 0.05) is 19.3 Å². The summed E-state index contributed by atoms with van der Waals surface area (Å²) in [6.07, 6.45) is 1.69. The molecule has 0 aliphatic rings. The van der Waals surface area contributed by atoms with Crippen LogP contribution in [0.5, 0.6) is 0 Å². The topological polar surface area (TPSA) is 27.6 Å². The van der Waals surface area contributed by atoms with Crippen LogP contribution in [0.3, 0.4) is 0 Å². The molecule has 0 aromatic heterocycles. The lowest BCUT2D eigenvalue weighted by molar-refractivity contribution is 0.552. The highest BCUT2D eigenvalue weighted by Gasteiger charge is 2.08. The van der Waals surface area contributed by atoms with Crippen molar-refractivity contribution in [3.8, 4) is 0 Å². The molecule has 0 aliphatic heterocycles. The number of nitrogens with one attached hydrogen (secondary N) is 1. The molecule has 0 amide bonds. The van der Waals surface area contributed by atoms with Gasteiger partial charge in [-0.15, -0.1) is 0 Å². The molecule has 0 radical (unpaired) electrons. The number of nitrogens with zero attached hydrogens (tertiary/aromatic N) is 2. The number of halogens is 3. The predicted octanol–water partition coefficient (Wildman–Crippen LogP) is 5.80. The Morgan fingerprint density at radius 1 is 1.22 bits per heavy atom. The Labute approximate surface area is 145 Å². The molecule has 2 aromatic rings. The van der Waals surface area contributed by atoms with Crippen molar-refractivity contribution in [1.29, 1.82) is 0 Å². The van der Waals surface area contributed by atoms with Crippen molar-refractivity contribution in [2.75, 3.05) is 18.9 Å². The van der Waals surface area contributed by atoms with Crippen LogP contribution in [0.4, 0.5) is 21.5 Å². The summed E-state index contributed by atoms with van der Waals surface area (Å²) in [6, 6.07) is 8.26. The van der Waals surface area contributed by atoms with E-state index in [0.29, 0.717) is 32.7 Å². The maximum absolute atomic E-state index is 13.6. The molecule has 1 N–H and O–H groups in total. The molecule has 3 nitrogen and oxygen atoms in total. The molecular formula is C17H18Cl2FN3. The minimum Gasteiger partial charge on any atom is -0.366 e. The van der Waals surface area contributed by atoms with Gasteiger partial charge < -0.3 is 10.2 Å². The van der Waals surface area contributed by atoms with Crippen LogP contribution >= 0.6 is 23.2 Å². The first kappa shape index (κ1) is 17.6. The van der Waals surface area contributed by atoms with Crippen molar-refractivity contribution in [2.24, 2.45) is 4.99 Å². The molecule has 0 saturated carbocycles. The molecule has 0 spiro atoms. The van der Waals surface area contributed by atoms with Gasteiger partial charge in [0.05, 0.1) is 27.8 Å².